The predicted molar refractivity (Wildman–Crippen MR) is 136 cm³/mol. The van der Waals surface area contributed by atoms with Crippen LogP contribution in [0.15, 0.2) is 81.9 Å². The molecule has 2 aromatic carbocycles. The van der Waals surface area contributed by atoms with Crippen molar-refractivity contribution in [2.45, 2.75) is 26.4 Å². The van der Waals surface area contributed by atoms with Gasteiger partial charge in [-0.2, -0.15) is 0 Å². The number of thiazole rings is 1. The second-order valence-electron chi connectivity index (χ2n) is 8.17. The van der Waals surface area contributed by atoms with E-state index < -0.39 is 12.0 Å². The molecule has 0 spiro atoms. The number of ether oxygens (including phenoxy) is 1. The minimum Gasteiger partial charge on any atom is -0.463 e. The molecule has 5 rings (SSSR count). The normalized spacial score (nSPS) is 15.5. The Morgan fingerprint density at radius 3 is 2.72 bits per heavy atom. The van der Waals surface area contributed by atoms with E-state index in [1.54, 1.807) is 29.3 Å². The first-order chi connectivity index (χ1) is 17.5. The van der Waals surface area contributed by atoms with E-state index in [1.165, 1.54) is 11.3 Å². The van der Waals surface area contributed by atoms with E-state index in [9.17, 15) is 9.59 Å². The summed E-state index contributed by atoms with van der Waals surface area (Å²) in [6, 6.07) is 16.4. The highest BCUT2D eigenvalue weighted by Gasteiger charge is 2.33. The fourth-order valence-corrected chi connectivity index (χ4v) is 5.22. The standard InChI is InChI=1S/C26H24N6O3S/c1-3-35-25(34)22-16(2)28-26-32(23(22)18-9-5-4-6-10-18)24(33)21(36-26)13-17-8-7-11-20(12-17)31-15-19(14-27)29-30-31/h4-13,15,23H,3,14,27H2,1-2H3/b21-13-. The first-order valence-electron chi connectivity index (χ1n) is 11.5. The summed E-state index contributed by atoms with van der Waals surface area (Å²) in [5.41, 5.74) is 9.44. The minimum absolute atomic E-state index is 0.224. The van der Waals surface area contributed by atoms with Gasteiger partial charge in [0.15, 0.2) is 4.80 Å². The number of allylic oxidation sites excluding steroid dienone is 1. The fourth-order valence-electron chi connectivity index (χ4n) is 4.17. The van der Waals surface area contributed by atoms with Crippen molar-refractivity contribution in [2.75, 3.05) is 6.61 Å². The Hall–Kier alpha value is -4.15. The summed E-state index contributed by atoms with van der Waals surface area (Å²) in [4.78, 5) is 31.8. The zero-order valence-electron chi connectivity index (χ0n) is 19.8. The maximum absolute atomic E-state index is 13.7. The Morgan fingerprint density at radius 2 is 2.00 bits per heavy atom. The van der Waals surface area contributed by atoms with Gasteiger partial charge in [-0.15, -0.1) is 5.10 Å². The molecule has 0 aliphatic carbocycles. The quantitative estimate of drug-likeness (QED) is 0.404. The van der Waals surface area contributed by atoms with Crippen molar-refractivity contribution in [1.82, 2.24) is 19.6 Å². The van der Waals surface area contributed by atoms with E-state index >= 15 is 0 Å². The number of esters is 1. The molecule has 1 aliphatic heterocycles. The smallest absolute Gasteiger partial charge is 0.338 e. The lowest BCUT2D eigenvalue weighted by Gasteiger charge is -2.24. The van der Waals surface area contributed by atoms with Crippen LogP contribution in [0.5, 0.6) is 0 Å². The Bertz CT molecular complexity index is 1650. The maximum atomic E-state index is 13.7. The monoisotopic (exact) mass is 500 g/mol. The number of aromatic nitrogens is 4. The highest BCUT2D eigenvalue weighted by molar-refractivity contribution is 7.07. The van der Waals surface area contributed by atoms with Crippen molar-refractivity contribution in [1.29, 1.82) is 0 Å². The van der Waals surface area contributed by atoms with Gasteiger partial charge >= 0.3 is 5.97 Å². The Balaban J connectivity index is 1.64. The summed E-state index contributed by atoms with van der Waals surface area (Å²) in [6.45, 7) is 4.06. The molecule has 0 saturated carbocycles. The van der Waals surface area contributed by atoms with E-state index in [0.29, 0.717) is 32.8 Å². The third-order valence-corrected chi connectivity index (χ3v) is 6.80. The summed E-state index contributed by atoms with van der Waals surface area (Å²) < 4.78 is 9.06. The predicted octanol–water partition coefficient (Wildman–Crippen LogP) is 1.84. The summed E-state index contributed by atoms with van der Waals surface area (Å²) in [6.07, 6.45) is 3.59. The van der Waals surface area contributed by atoms with Crippen molar-refractivity contribution >= 4 is 23.4 Å². The van der Waals surface area contributed by atoms with Gasteiger partial charge in [0.1, 0.15) is 0 Å². The number of hydrogen-bond donors (Lipinski definition) is 1. The molecule has 1 aliphatic rings. The average Bonchev–Trinajstić information content (AvgIpc) is 3.49. The average molecular weight is 501 g/mol. The van der Waals surface area contributed by atoms with Crippen LogP contribution in [-0.2, 0) is 16.1 Å². The number of benzene rings is 2. The van der Waals surface area contributed by atoms with E-state index in [-0.39, 0.29) is 12.2 Å². The van der Waals surface area contributed by atoms with Gasteiger partial charge in [0.25, 0.3) is 5.56 Å². The summed E-state index contributed by atoms with van der Waals surface area (Å²) >= 11 is 1.29. The van der Waals surface area contributed by atoms with Crippen LogP contribution in [0.3, 0.4) is 0 Å². The molecular weight excluding hydrogens is 476 g/mol. The van der Waals surface area contributed by atoms with Gasteiger partial charge in [0.05, 0.1) is 46.0 Å². The Labute approximate surface area is 210 Å². The van der Waals surface area contributed by atoms with Gasteiger partial charge in [0, 0.05) is 6.54 Å². The van der Waals surface area contributed by atoms with Crippen molar-refractivity contribution in [2.24, 2.45) is 10.7 Å². The van der Waals surface area contributed by atoms with Crippen molar-refractivity contribution in [3.8, 4) is 5.69 Å². The third-order valence-electron chi connectivity index (χ3n) is 5.81. The number of rotatable bonds is 6. The van der Waals surface area contributed by atoms with Crippen LogP contribution in [0, 0.1) is 0 Å². The zero-order chi connectivity index (χ0) is 25.2. The molecule has 1 unspecified atom stereocenters. The molecule has 10 heteroatoms. The molecule has 182 valence electrons. The zero-order valence-corrected chi connectivity index (χ0v) is 20.6. The summed E-state index contributed by atoms with van der Waals surface area (Å²) in [5, 5.41) is 8.15. The van der Waals surface area contributed by atoms with E-state index in [0.717, 1.165) is 16.8 Å². The SMILES string of the molecule is CCOC(=O)C1=C(C)N=c2s/c(=C\c3cccc(-n4cc(CN)nn4)c3)c(=O)n2C1c1ccccc1. The molecule has 0 saturated heterocycles. The third kappa shape index (κ3) is 4.32. The molecule has 0 radical (unpaired) electrons. The van der Waals surface area contributed by atoms with Crippen LogP contribution in [0.1, 0.15) is 36.7 Å². The lowest BCUT2D eigenvalue weighted by Crippen LogP contribution is -2.39. The van der Waals surface area contributed by atoms with Crippen LogP contribution >= 0.6 is 11.3 Å². The number of hydrogen-bond acceptors (Lipinski definition) is 8. The van der Waals surface area contributed by atoms with Crippen LogP contribution in [0.25, 0.3) is 11.8 Å². The number of nitrogens with two attached hydrogens (primary N) is 1. The number of nitrogens with zero attached hydrogens (tertiary/aromatic N) is 5. The molecule has 9 nitrogen and oxygen atoms in total. The number of carbonyl (C=O) groups is 1. The molecule has 2 N–H and O–H groups in total. The molecule has 4 aromatic rings. The number of carbonyl (C=O) groups excluding carboxylic acids is 1. The van der Waals surface area contributed by atoms with Crippen molar-refractivity contribution in [3.05, 3.63) is 109 Å². The highest BCUT2D eigenvalue weighted by Crippen LogP contribution is 2.30. The Morgan fingerprint density at radius 1 is 1.19 bits per heavy atom. The summed E-state index contributed by atoms with van der Waals surface area (Å²) in [7, 11) is 0. The molecule has 0 fully saturated rings. The summed E-state index contributed by atoms with van der Waals surface area (Å²) in [5.74, 6) is -0.473. The molecule has 1 atom stereocenters. The Kier molecular flexibility index (Phi) is 6.45. The lowest BCUT2D eigenvalue weighted by molar-refractivity contribution is -0.139. The van der Waals surface area contributed by atoms with Gasteiger partial charge in [0.2, 0.25) is 0 Å². The lowest BCUT2D eigenvalue weighted by atomic mass is 9.96. The molecule has 2 aromatic heterocycles. The minimum atomic E-state index is -0.625. The molecule has 0 amide bonds. The van der Waals surface area contributed by atoms with Crippen molar-refractivity contribution < 1.29 is 9.53 Å². The second-order valence-corrected chi connectivity index (χ2v) is 9.18. The topological polar surface area (TPSA) is 117 Å². The van der Waals surface area contributed by atoms with Crippen LogP contribution in [0.2, 0.25) is 0 Å². The van der Waals surface area contributed by atoms with Gasteiger partial charge < -0.3 is 10.5 Å². The van der Waals surface area contributed by atoms with E-state index in [4.69, 9.17) is 10.5 Å². The van der Waals surface area contributed by atoms with Crippen LogP contribution < -0.4 is 20.6 Å². The number of fused-ring (bicyclic) bond motifs is 1. The molecule has 3 heterocycles. The van der Waals surface area contributed by atoms with Gasteiger partial charge in [-0.1, -0.05) is 59.0 Å². The van der Waals surface area contributed by atoms with Gasteiger partial charge in [-0.3, -0.25) is 9.36 Å². The first-order valence-corrected chi connectivity index (χ1v) is 12.3. The van der Waals surface area contributed by atoms with Crippen LogP contribution in [0.4, 0.5) is 0 Å². The van der Waals surface area contributed by atoms with Gasteiger partial charge in [-0.25, -0.2) is 14.5 Å². The molecular formula is C26H24N6O3S. The largest absolute Gasteiger partial charge is 0.463 e. The second kappa shape index (κ2) is 9.84. The molecule has 36 heavy (non-hydrogen) atoms. The van der Waals surface area contributed by atoms with E-state index in [1.807, 2.05) is 60.7 Å². The fraction of sp³-hybridized carbons (Fsp3) is 0.192. The van der Waals surface area contributed by atoms with Crippen molar-refractivity contribution in [3.63, 3.8) is 0 Å². The van der Waals surface area contributed by atoms with E-state index in [2.05, 4.69) is 15.3 Å². The molecule has 0 bridgehead atoms. The highest BCUT2D eigenvalue weighted by atomic mass is 32.1. The maximum Gasteiger partial charge on any atom is 0.338 e. The van der Waals surface area contributed by atoms with Gasteiger partial charge in [-0.05, 0) is 43.2 Å². The first kappa shape index (κ1) is 23.6. The van der Waals surface area contributed by atoms with Crippen LogP contribution in [-0.4, -0.2) is 32.1 Å².